The van der Waals surface area contributed by atoms with Crippen molar-refractivity contribution < 1.29 is 9.66 Å². The van der Waals surface area contributed by atoms with Crippen molar-refractivity contribution in [1.29, 1.82) is 5.26 Å². The van der Waals surface area contributed by atoms with Crippen molar-refractivity contribution >= 4 is 40.3 Å². The summed E-state index contributed by atoms with van der Waals surface area (Å²) in [5.41, 5.74) is 2.42. The normalized spacial score (nSPS) is 11.1. The van der Waals surface area contributed by atoms with E-state index in [1.54, 1.807) is 43.5 Å². The van der Waals surface area contributed by atoms with E-state index >= 15 is 0 Å². The number of halogens is 1. The zero-order chi connectivity index (χ0) is 19.4. The Balaban J connectivity index is 1.95. The molecule has 0 aliphatic carbocycles. The molecule has 3 aromatic rings. The molecular formula is C19H12ClN3O3S. The third-order valence-electron chi connectivity index (χ3n) is 3.71. The Morgan fingerprint density at radius 3 is 2.70 bits per heavy atom. The number of benzene rings is 2. The van der Waals surface area contributed by atoms with Crippen LogP contribution in [0.5, 0.6) is 5.75 Å². The quantitative estimate of drug-likeness (QED) is 0.324. The smallest absolute Gasteiger partial charge is 0.269 e. The van der Waals surface area contributed by atoms with Crippen LogP contribution in [0.3, 0.4) is 0 Å². The maximum atomic E-state index is 10.7. The van der Waals surface area contributed by atoms with E-state index in [1.807, 2.05) is 5.38 Å². The van der Waals surface area contributed by atoms with Crippen LogP contribution in [0, 0.1) is 21.4 Å². The minimum Gasteiger partial charge on any atom is -0.496 e. The van der Waals surface area contributed by atoms with E-state index in [0.717, 1.165) is 5.56 Å². The van der Waals surface area contributed by atoms with Crippen molar-refractivity contribution in [3.05, 3.63) is 73.6 Å². The third kappa shape index (κ3) is 4.14. The SMILES string of the molecule is COc1ccc(Cl)cc1-c1csc(/C(C#N)=C\c2ccc([N+](=O)[O-])cc2)n1. The van der Waals surface area contributed by atoms with E-state index in [1.165, 1.54) is 23.5 Å². The molecule has 6 nitrogen and oxygen atoms in total. The molecule has 3 rings (SSSR count). The first kappa shape index (κ1) is 18.6. The molecule has 8 heteroatoms. The van der Waals surface area contributed by atoms with Gasteiger partial charge < -0.3 is 4.74 Å². The molecule has 0 amide bonds. The van der Waals surface area contributed by atoms with Crippen molar-refractivity contribution in [2.45, 2.75) is 0 Å². The lowest BCUT2D eigenvalue weighted by atomic mass is 10.1. The van der Waals surface area contributed by atoms with Gasteiger partial charge in [0.05, 0.1) is 23.3 Å². The fourth-order valence-corrected chi connectivity index (χ4v) is 3.36. The predicted octanol–water partition coefficient (Wildman–Crippen LogP) is 5.44. The molecule has 1 heterocycles. The summed E-state index contributed by atoms with van der Waals surface area (Å²) in [4.78, 5) is 14.8. The molecule has 0 radical (unpaired) electrons. The van der Waals surface area contributed by atoms with Crippen LogP contribution in [0.1, 0.15) is 10.6 Å². The van der Waals surface area contributed by atoms with Gasteiger partial charge >= 0.3 is 0 Å². The average molecular weight is 398 g/mol. The molecule has 0 saturated carbocycles. The highest BCUT2D eigenvalue weighted by molar-refractivity contribution is 7.11. The molecule has 0 saturated heterocycles. The first-order chi connectivity index (χ1) is 13.0. The van der Waals surface area contributed by atoms with Crippen LogP contribution in [0.2, 0.25) is 5.02 Å². The summed E-state index contributed by atoms with van der Waals surface area (Å²) < 4.78 is 5.35. The van der Waals surface area contributed by atoms with E-state index in [-0.39, 0.29) is 5.69 Å². The molecule has 0 unspecified atom stereocenters. The number of non-ortho nitro benzene ring substituents is 1. The Morgan fingerprint density at radius 2 is 2.07 bits per heavy atom. The van der Waals surface area contributed by atoms with E-state index < -0.39 is 4.92 Å². The lowest BCUT2D eigenvalue weighted by Gasteiger charge is -2.06. The lowest BCUT2D eigenvalue weighted by molar-refractivity contribution is -0.384. The van der Waals surface area contributed by atoms with Crippen LogP contribution in [0.25, 0.3) is 22.9 Å². The number of nitro groups is 1. The van der Waals surface area contributed by atoms with Crippen molar-refractivity contribution in [2.24, 2.45) is 0 Å². The minimum atomic E-state index is -0.468. The predicted molar refractivity (Wildman–Crippen MR) is 106 cm³/mol. The fraction of sp³-hybridized carbons (Fsp3) is 0.0526. The zero-order valence-electron chi connectivity index (χ0n) is 14.0. The van der Waals surface area contributed by atoms with Gasteiger partial charge in [-0.1, -0.05) is 11.6 Å². The number of aromatic nitrogens is 1. The summed E-state index contributed by atoms with van der Waals surface area (Å²) in [5.74, 6) is 0.633. The van der Waals surface area contributed by atoms with Gasteiger partial charge in [-0.2, -0.15) is 5.26 Å². The second-order valence-corrected chi connectivity index (χ2v) is 6.70. The first-order valence-corrected chi connectivity index (χ1v) is 8.93. The number of nitriles is 1. The Labute approximate surface area is 164 Å². The first-order valence-electron chi connectivity index (χ1n) is 7.68. The van der Waals surface area contributed by atoms with Gasteiger partial charge in [-0.3, -0.25) is 10.1 Å². The van der Waals surface area contributed by atoms with Crippen LogP contribution >= 0.6 is 22.9 Å². The Bertz CT molecular complexity index is 1070. The largest absolute Gasteiger partial charge is 0.496 e. The molecule has 0 fully saturated rings. The average Bonchev–Trinajstić information content (AvgIpc) is 3.16. The van der Waals surface area contributed by atoms with Gasteiger partial charge in [0.1, 0.15) is 16.8 Å². The Kier molecular flexibility index (Phi) is 5.50. The number of hydrogen-bond donors (Lipinski definition) is 0. The molecule has 134 valence electrons. The van der Waals surface area contributed by atoms with Crippen LogP contribution in [-0.2, 0) is 0 Å². The second kappa shape index (κ2) is 7.99. The fourth-order valence-electron chi connectivity index (χ4n) is 2.40. The Hall–Kier alpha value is -3.21. The van der Waals surface area contributed by atoms with Gasteiger partial charge in [0, 0.05) is 28.1 Å². The molecule has 2 aromatic carbocycles. The number of thiazole rings is 1. The van der Waals surface area contributed by atoms with Crippen LogP contribution in [0.15, 0.2) is 47.8 Å². The van der Waals surface area contributed by atoms with Gasteiger partial charge in [0.25, 0.3) is 5.69 Å². The van der Waals surface area contributed by atoms with E-state index in [0.29, 0.717) is 32.6 Å². The van der Waals surface area contributed by atoms with Gasteiger partial charge in [0.15, 0.2) is 0 Å². The second-order valence-electron chi connectivity index (χ2n) is 5.40. The summed E-state index contributed by atoms with van der Waals surface area (Å²) in [7, 11) is 1.56. The third-order valence-corrected chi connectivity index (χ3v) is 4.82. The van der Waals surface area contributed by atoms with Gasteiger partial charge in [-0.15, -0.1) is 11.3 Å². The zero-order valence-corrected chi connectivity index (χ0v) is 15.6. The summed E-state index contributed by atoms with van der Waals surface area (Å²) in [6, 6.07) is 13.3. The highest BCUT2D eigenvalue weighted by Crippen LogP contribution is 2.34. The maximum Gasteiger partial charge on any atom is 0.269 e. The number of allylic oxidation sites excluding steroid dienone is 1. The topological polar surface area (TPSA) is 89.0 Å². The molecule has 0 N–H and O–H groups in total. The van der Waals surface area contributed by atoms with E-state index in [4.69, 9.17) is 16.3 Å². The number of rotatable bonds is 5. The highest BCUT2D eigenvalue weighted by atomic mass is 35.5. The van der Waals surface area contributed by atoms with Crippen LogP contribution in [-0.4, -0.2) is 17.0 Å². The molecule has 27 heavy (non-hydrogen) atoms. The molecular weight excluding hydrogens is 386 g/mol. The van der Waals surface area contributed by atoms with Crippen LogP contribution < -0.4 is 4.74 Å². The molecule has 0 atom stereocenters. The van der Waals surface area contributed by atoms with Crippen LogP contribution in [0.4, 0.5) is 5.69 Å². The lowest BCUT2D eigenvalue weighted by Crippen LogP contribution is -1.89. The molecule has 1 aromatic heterocycles. The summed E-state index contributed by atoms with van der Waals surface area (Å²) in [5, 5.41) is 23.2. The van der Waals surface area contributed by atoms with Gasteiger partial charge in [-0.05, 0) is 42.0 Å². The Morgan fingerprint density at radius 1 is 1.33 bits per heavy atom. The molecule has 0 aliphatic rings. The number of ether oxygens (including phenoxy) is 1. The van der Waals surface area contributed by atoms with Crippen molar-refractivity contribution in [3.8, 4) is 23.1 Å². The summed E-state index contributed by atoms with van der Waals surface area (Å²) in [6.07, 6.45) is 1.64. The molecule has 0 aliphatic heterocycles. The summed E-state index contributed by atoms with van der Waals surface area (Å²) in [6.45, 7) is 0. The number of methoxy groups -OCH3 is 1. The monoisotopic (exact) mass is 397 g/mol. The van der Waals surface area contributed by atoms with E-state index in [2.05, 4.69) is 11.1 Å². The highest BCUT2D eigenvalue weighted by Gasteiger charge is 2.13. The number of hydrogen-bond acceptors (Lipinski definition) is 6. The van der Waals surface area contributed by atoms with Gasteiger partial charge in [0.2, 0.25) is 0 Å². The number of nitro benzene ring substituents is 1. The maximum absolute atomic E-state index is 10.7. The van der Waals surface area contributed by atoms with Crippen molar-refractivity contribution in [3.63, 3.8) is 0 Å². The summed E-state index contributed by atoms with van der Waals surface area (Å²) >= 11 is 7.39. The van der Waals surface area contributed by atoms with Crippen molar-refractivity contribution in [1.82, 2.24) is 4.98 Å². The molecule has 0 bridgehead atoms. The van der Waals surface area contributed by atoms with Gasteiger partial charge in [-0.25, -0.2) is 4.98 Å². The minimum absolute atomic E-state index is 0.00440. The standard InChI is InChI=1S/C19H12ClN3O3S/c1-26-18-7-4-14(20)9-16(18)17-11-27-19(22-17)13(10-21)8-12-2-5-15(6-3-12)23(24)25/h2-9,11H,1H3/b13-8-. The number of nitrogens with zero attached hydrogens (tertiary/aromatic N) is 3. The van der Waals surface area contributed by atoms with E-state index in [9.17, 15) is 15.4 Å². The molecule has 0 spiro atoms. The van der Waals surface area contributed by atoms with Crippen molar-refractivity contribution in [2.75, 3.05) is 7.11 Å².